The smallest absolute Gasteiger partial charge is 0.135 e. The molecule has 3 N–H and O–H groups in total. The molecule has 8 aromatic carbocycles. The second kappa shape index (κ2) is 14.1. The van der Waals surface area contributed by atoms with Crippen LogP contribution in [0.5, 0.6) is 0 Å². The fourth-order valence-electron chi connectivity index (χ4n) is 9.59. The number of aromatic nitrogens is 1. The Labute approximate surface area is 344 Å². The lowest BCUT2D eigenvalue weighted by molar-refractivity contribution is 0.753. The second-order valence-corrected chi connectivity index (χ2v) is 15.3. The number of hydrogen-bond donors (Lipinski definition) is 2. The van der Waals surface area contributed by atoms with Gasteiger partial charge in [0, 0.05) is 23.0 Å². The molecular weight excluding hydrogens is 717 g/mol. The van der Waals surface area contributed by atoms with Crippen LogP contribution in [0.1, 0.15) is 34.0 Å². The maximum atomic E-state index is 7.22. The highest BCUT2D eigenvalue weighted by atomic mass is 15.2. The molecule has 1 aliphatic heterocycles. The summed E-state index contributed by atoms with van der Waals surface area (Å²) in [5, 5.41) is 3.65. The van der Waals surface area contributed by atoms with Gasteiger partial charge in [-0.2, -0.15) is 0 Å². The van der Waals surface area contributed by atoms with E-state index in [4.69, 9.17) is 10.7 Å². The zero-order chi connectivity index (χ0) is 39.3. The third-order valence-electron chi connectivity index (χ3n) is 12.1. The fourth-order valence-corrected chi connectivity index (χ4v) is 9.59. The van der Waals surface area contributed by atoms with Gasteiger partial charge in [-0.3, -0.25) is 0 Å². The van der Waals surface area contributed by atoms with Crippen molar-refractivity contribution in [1.82, 2.24) is 4.98 Å². The van der Waals surface area contributed by atoms with E-state index in [1.165, 1.54) is 44.8 Å². The van der Waals surface area contributed by atoms with Crippen molar-refractivity contribution in [3.05, 3.63) is 246 Å². The zero-order valence-electron chi connectivity index (χ0n) is 32.3. The zero-order valence-corrected chi connectivity index (χ0v) is 32.3. The predicted octanol–water partition coefficient (Wildman–Crippen LogP) is 13.3. The van der Waals surface area contributed by atoms with Crippen LogP contribution in [-0.4, -0.2) is 4.98 Å². The summed E-state index contributed by atoms with van der Waals surface area (Å²) in [6.45, 7) is 0. The topological polar surface area (TPSA) is 54.2 Å². The predicted molar refractivity (Wildman–Crippen MR) is 243 cm³/mol. The second-order valence-electron chi connectivity index (χ2n) is 15.3. The lowest BCUT2D eigenvalue weighted by Crippen LogP contribution is -2.36. The van der Waals surface area contributed by atoms with Crippen LogP contribution in [0, 0.1) is 0 Å². The van der Waals surface area contributed by atoms with Crippen LogP contribution < -0.4 is 16.0 Å². The summed E-state index contributed by atoms with van der Waals surface area (Å²) in [4.78, 5) is 7.42. The Morgan fingerprint density at radius 2 is 0.966 bits per heavy atom. The fraction of sp³-hybridized carbons (Fsp3) is 0.0364. The summed E-state index contributed by atoms with van der Waals surface area (Å²) in [7, 11) is 0. The van der Waals surface area contributed by atoms with Crippen LogP contribution in [0.3, 0.4) is 0 Å². The number of pyridine rings is 1. The molecule has 0 fully saturated rings. The standard InChI is InChI=1S/C55H40N4/c56-53(58-54-46(38-20-6-2-7-21-38)34-40(36-57-54)37-18-4-1-5-19-37)45-26-11-10-24-42(45)39-32-33-44-43-25-12-13-27-47(43)55(50(44)35-39)48-28-14-16-30-51(48)59(41-22-8-3-9-23-41)52-31-17-15-29-49(52)55/h1-36,53H,56H2,(H,57,58). The molecule has 1 aliphatic carbocycles. The van der Waals surface area contributed by atoms with Crippen molar-refractivity contribution in [2.24, 2.45) is 5.73 Å². The Kier molecular flexibility index (Phi) is 8.31. The van der Waals surface area contributed by atoms with E-state index in [1.807, 2.05) is 18.3 Å². The van der Waals surface area contributed by atoms with Crippen LogP contribution in [0.4, 0.5) is 22.9 Å². The van der Waals surface area contributed by atoms with Gasteiger partial charge < -0.3 is 16.0 Å². The highest BCUT2D eigenvalue weighted by molar-refractivity contribution is 5.96. The van der Waals surface area contributed by atoms with Gasteiger partial charge in [-0.15, -0.1) is 0 Å². The van der Waals surface area contributed by atoms with E-state index < -0.39 is 11.6 Å². The Morgan fingerprint density at radius 1 is 0.424 bits per heavy atom. The molecule has 1 atom stereocenters. The summed E-state index contributed by atoms with van der Waals surface area (Å²) in [6.07, 6.45) is 1.39. The van der Waals surface area contributed by atoms with E-state index in [1.54, 1.807) is 0 Å². The molecule has 4 heteroatoms. The molecule has 9 aromatic rings. The number of anilines is 4. The van der Waals surface area contributed by atoms with Crippen LogP contribution in [0.25, 0.3) is 44.5 Å². The van der Waals surface area contributed by atoms with Crippen molar-refractivity contribution in [3.8, 4) is 44.5 Å². The van der Waals surface area contributed by atoms with Gasteiger partial charge in [0.1, 0.15) is 12.0 Å². The number of nitrogens with one attached hydrogen (secondary N) is 1. The van der Waals surface area contributed by atoms with Crippen molar-refractivity contribution < 1.29 is 0 Å². The van der Waals surface area contributed by atoms with Crippen molar-refractivity contribution in [2.75, 3.05) is 10.2 Å². The number of nitrogens with two attached hydrogens (primary N) is 1. The van der Waals surface area contributed by atoms with Gasteiger partial charge in [0.15, 0.2) is 0 Å². The van der Waals surface area contributed by atoms with Gasteiger partial charge in [-0.25, -0.2) is 4.98 Å². The molecule has 0 bridgehead atoms. The summed E-state index contributed by atoms with van der Waals surface area (Å²) in [5.41, 5.74) is 25.2. The lowest BCUT2D eigenvalue weighted by atomic mass is 9.64. The quantitative estimate of drug-likeness (QED) is 0.159. The van der Waals surface area contributed by atoms with Gasteiger partial charge >= 0.3 is 0 Å². The van der Waals surface area contributed by atoms with Crippen molar-refractivity contribution in [3.63, 3.8) is 0 Å². The van der Waals surface area contributed by atoms with E-state index in [9.17, 15) is 0 Å². The minimum Gasteiger partial charge on any atom is -0.350 e. The van der Waals surface area contributed by atoms with Gasteiger partial charge in [0.25, 0.3) is 0 Å². The van der Waals surface area contributed by atoms with Gasteiger partial charge in [-0.05, 0) is 97.6 Å². The average molecular weight is 757 g/mol. The highest BCUT2D eigenvalue weighted by Crippen LogP contribution is 2.63. The maximum absolute atomic E-state index is 7.22. The van der Waals surface area contributed by atoms with Crippen molar-refractivity contribution in [1.29, 1.82) is 0 Å². The third-order valence-corrected chi connectivity index (χ3v) is 12.1. The van der Waals surface area contributed by atoms with Crippen molar-refractivity contribution >= 4 is 22.9 Å². The largest absolute Gasteiger partial charge is 0.350 e. The van der Waals surface area contributed by atoms with Crippen LogP contribution in [0.15, 0.2) is 219 Å². The third kappa shape index (κ3) is 5.53. The number of nitrogens with zero attached hydrogens (tertiary/aromatic N) is 2. The minimum absolute atomic E-state index is 0.543. The first-order valence-electron chi connectivity index (χ1n) is 20.2. The van der Waals surface area contributed by atoms with Crippen molar-refractivity contribution in [2.45, 2.75) is 11.6 Å². The number of para-hydroxylation sites is 3. The maximum Gasteiger partial charge on any atom is 0.135 e. The van der Waals surface area contributed by atoms with E-state index in [-0.39, 0.29) is 0 Å². The van der Waals surface area contributed by atoms with Crippen LogP contribution in [-0.2, 0) is 5.41 Å². The Morgan fingerprint density at radius 3 is 1.66 bits per heavy atom. The minimum atomic E-state index is -0.551. The molecule has 11 rings (SSSR count). The monoisotopic (exact) mass is 756 g/mol. The highest BCUT2D eigenvalue weighted by Gasteiger charge is 2.51. The molecule has 2 heterocycles. The Bertz CT molecular complexity index is 2950. The van der Waals surface area contributed by atoms with Crippen LogP contribution >= 0.6 is 0 Å². The molecule has 59 heavy (non-hydrogen) atoms. The Balaban J connectivity index is 1.06. The summed E-state index contributed by atoms with van der Waals surface area (Å²) in [6, 6.07) is 76.1. The lowest BCUT2D eigenvalue weighted by Gasteiger charge is -2.45. The SMILES string of the molecule is NC(Nc1ncc(-c2ccccc2)cc1-c1ccccc1)c1ccccc1-c1ccc2c(c1)C1(c3ccccc3-2)c2ccccc2N(c2ccccc2)c2ccccc21. The molecule has 2 aliphatic rings. The summed E-state index contributed by atoms with van der Waals surface area (Å²) in [5.74, 6) is 0.736. The molecular formula is C55H40N4. The first-order valence-corrected chi connectivity index (χ1v) is 20.2. The molecule has 0 amide bonds. The summed E-state index contributed by atoms with van der Waals surface area (Å²) >= 11 is 0. The first kappa shape index (κ1) is 34.7. The van der Waals surface area contributed by atoms with Gasteiger partial charge in [0.2, 0.25) is 0 Å². The normalized spacial score (nSPS) is 13.5. The van der Waals surface area contributed by atoms with E-state index in [0.29, 0.717) is 0 Å². The van der Waals surface area contributed by atoms with E-state index in [0.717, 1.165) is 50.4 Å². The van der Waals surface area contributed by atoms with E-state index >= 15 is 0 Å². The van der Waals surface area contributed by atoms with E-state index in [2.05, 4.69) is 210 Å². The first-order chi connectivity index (χ1) is 29.2. The molecule has 0 saturated carbocycles. The van der Waals surface area contributed by atoms with Gasteiger partial charge in [0.05, 0.1) is 16.8 Å². The number of benzene rings is 8. The van der Waals surface area contributed by atoms with Crippen LogP contribution in [0.2, 0.25) is 0 Å². The number of rotatable bonds is 7. The molecule has 0 saturated heterocycles. The molecule has 0 radical (unpaired) electrons. The molecule has 280 valence electrons. The number of fused-ring (bicyclic) bond motifs is 9. The number of hydrogen-bond acceptors (Lipinski definition) is 4. The molecule has 1 unspecified atom stereocenters. The Hall–Kier alpha value is -7.53. The molecule has 4 nitrogen and oxygen atoms in total. The average Bonchev–Trinajstić information content (AvgIpc) is 3.60. The summed E-state index contributed by atoms with van der Waals surface area (Å²) < 4.78 is 0. The van der Waals surface area contributed by atoms with Gasteiger partial charge in [-0.1, -0.05) is 176 Å². The molecule has 1 spiro atoms. The molecule has 1 aromatic heterocycles.